The molecule has 150 valence electrons. The van der Waals surface area contributed by atoms with Crippen molar-refractivity contribution in [1.29, 1.82) is 0 Å². The Morgan fingerprint density at radius 1 is 1.26 bits per heavy atom. The van der Waals surface area contributed by atoms with E-state index in [0.29, 0.717) is 19.5 Å². The summed E-state index contributed by atoms with van der Waals surface area (Å²) in [4.78, 5) is 16.2. The molecule has 3 rings (SSSR count). The number of benzene rings is 1. The lowest BCUT2D eigenvalue weighted by Crippen LogP contribution is -2.65. The molecule has 4 atom stereocenters. The highest BCUT2D eigenvalue weighted by molar-refractivity contribution is 5.70. The molecule has 1 amide bonds. The summed E-state index contributed by atoms with van der Waals surface area (Å²) in [6, 6.07) is 8.19. The molecule has 5 nitrogen and oxygen atoms in total. The van der Waals surface area contributed by atoms with E-state index in [-0.39, 0.29) is 6.04 Å². The Labute approximate surface area is 158 Å². The molecule has 1 N–H and O–H groups in total. The van der Waals surface area contributed by atoms with Crippen molar-refractivity contribution in [2.24, 2.45) is 0 Å². The van der Waals surface area contributed by atoms with Crippen LogP contribution in [-0.4, -0.2) is 63.8 Å². The zero-order valence-corrected chi connectivity index (χ0v) is 16.0. The number of piperazine rings is 1. The number of ether oxygens (including phenoxy) is 1. The summed E-state index contributed by atoms with van der Waals surface area (Å²) in [5, 5.41) is 10.3. The number of hydrogen-bond acceptors (Lipinski definition) is 4. The third-order valence-electron chi connectivity index (χ3n) is 5.25. The normalized spacial score (nSPS) is 27.1. The minimum Gasteiger partial charge on any atom is -0.444 e. The van der Waals surface area contributed by atoms with E-state index >= 15 is 0 Å². The smallest absolute Gasteiger partial charge is 0.410 e. The van der Waals surface area contributed by atoms with Gasteiger partial charge in [-0.2, -0.15) is 0 Å². The van der Waals surface area contributed by atoms with Gasteiger partial charge in [0, 0.05) is 19.1 Å². The molecule has 1 aromatic rings. The molecule has 0 aromatic heterocycles. The van der Waals surface area contributed by atoms with Crippen LogP contribution in [0.3, 0.4) is 0 Å². The molecule has 1 aromatic carbocycles. The summed E-state index contributed by atoms with van der Waals surface area (Å²) in [7, 11) is 0. The summed E-state index contributed by atoms with van der Waals surface area (Å²) in [5.41, 5.74) is 0.336. The largest absolute Gasteiger partial charge is 0.444 e. The van der Waals surface area contributed by atoms with Crippen LogP contribution in [0.4, 0.5) is 13.6 Å². The Hall–Kier alpha value is -1.73. The summed E-state index contributed by atoms with van der Waals surface area (Å²) in [6.45, 7) is 6.25. The van der Waals surface area contributed by atoms with Gasteiger partial charge >= 0.3 is 6.09 Å². The van der Waals surface area contributed by atoms with Crippen molar-refractivity contribution in [3.05, 3.63) is 35.9 Å². The Balaban J connectivity index is 1.85. The Morgan fingerprint density at radius 2 is 1.93 bits per heavy atom. The van der Waals surface area contributed by atoms with Crippen molar-refractivity contribution in [2.75, 3.05) is 6.54 Å². The van der Waals surface area contributed by atoms with Gasteiger partial charge in [-0.25, -0.2) is 13.6 Å². The van der Waals surface area contributed by atoms with Crippen LogP contribution in [0.25, 0.3) is 0 Å². The zero-order valence-electron chi connectivity index (χ0n) is 16.0. The fraction of sp³-hybridized carbons (Fsp3) is 0.650. The highest BCUT2D eigenvalue weighted by Crippen LogP contribution is 2.38. The number of alkyl halides is 2. The summed E-state index contributed by atoms with van der Waals surface area (Å²) in [6.07, 6.45) is -3.86. The SMILES string of the molecule is CC(C)(C)OC(=O)N1[C@H]2CC[C@@H]1[C@@H]([C@H](O)C(F)F)N(Cc1ccccc1)C2. The molecule has 0 unspecified atom stereocenters. The number of carbonyl (C=O) groups excluding carboxylic acids is 1. The molecule has 2 bridgehead atoms. The molecule has 2 aliphatic rings. The van der Waals surface area contributed by atoms with E-state index in [4.69, 9.17) is 4.74 Å². The molecular weight excluding hydrogens is 354 g/mol. The number of likely N-dealkylation sites (tertiary alicyclic amines) is 1. The van der Waals surface area contributed by atoms with Crippen molar-refractivity contribution in [2.45, 2.75) is 76.4 Å². The summed E-state index contributed by atoms with van der Waals surface area (Å²) >= 11 is 0. The van der Waals surface area contributed by atoms with Crippen LogP contribution in [0.2, 0.25) is 0 Å². The molecule has 0 saturated carbocycles. The number of halogens is 2. The highest BCUT2D eigenvalue weighted by atomic mass is 19.3. The first-order chi connectivity index (χ1) is 12.7. The van der Waals surface area contributed by atoms with Gasteiger partial charge in [-0.3, -0.25) is 9.80 Å². The predicted octanol–water partition coefficient (Wildman–Crippen LogP) is 3.26. The van der Waals surface area contributed by atoms with E-state index in [1.54, 1.807) is 25.7 Å². The van der Waals surface area contributed by atoms with Crippen LogP contribution < -0.4 is 0 Å². The van der Waals surface area contributed by atoms with Crippen molar-refractivity contribution < 1.29 is 23.4 Å². The van der Waals surface area contributed by atoms with Crippen LogP contribution in [0, 0.1) is 0 Å². The number of aliphatic hydroxyl groups excluding tert-OH is 1. The lowest BCUT2D eigenvalue weighted by Gasteiger charge is -2.48. The number of rotatable bonds is 4. The molecule has 2 saturated heterocycles. The van der Waals surface area contributed by atoms with Gasteiger partial charge < -0.3 is 9.84 Å². The van der Waals surface area contributed by atoms with Crippen molar-refractivity contribution >= 4 is 6.09 Å². The van der Waals surface area contributed by atoms with Crippen LogP contribution >= 0.6 is 0 Å². The minimum atomic E-state index is -2.87. The lowest BCUT2D eigenvalue weighted by molar-refractivity contribution is -0.103. The van der Waals surface area contributed by atoms with Crippen LogP contribution in [0.5, 0.6) is 0 Å². The molecule has 2 heterocycles. The summed E-state index contributed by atoms with van der Waals surface area (Å²) in [5.74, 6) is 0. The van der Waals surface area contributed by atoms with Crippen LogP contribution in [0.15, 0.2) is 30.3 Å². The van der Waals surface area contributed by atoms with E-state index in [1.807, 2.05) is 35.2 Å². The number of nitrogens with zero attached hydrogens (tertiary/aromatic N) is 2. The van der Waals surface area contributed by atoms with Gasteiger partial charge in [0.15, 0.2) is 0 Å². The van der Waals surface area contributed by atoms with E-state index in [1.165, 1.54) is 0 Å². The Bertz CT molecular complexity index is 650. The van der Waals surface area contributed by atoms with Crippen molar-refractivity contribution in [3.63, 3.8) is 0 Å². The molecule has 0 radical (unpaired) electrons. The Kier molecular flexibility index (Phi) is 5.72. The molecule has 2 fully saturated rings. The lowest BCUT2D eigenvalue weighted by atomic mass is 9.96. The molecule has 7 heteroatoms. The van der Waals surface area contributed by atoms with E-state index in [0.717, 1.165) is 12.0 Å². The van der Waals surface area contributed by atoms with Gasteiger partial charge in [0.25, 0.3) is 6.43 Å². The third-order valence-corrected chi connectivity index (χ3v) is 5.25. The average Bonchev–Trinajstić information content (AvgIpc) is 2.89. The maximum atomic E-state index is 13.4. The fourth-order valence-electron chi connectivity index (χ4n) is 4.24. The van der Waals surface area contributed by atoms with Crippen molar-refractivity contribution in [1.82, 2.24) is 9.80 Å². The van der Waals surface area contributed by atoms with Gasteiger partial charge in [0.05, 0.1) is 12.1 Å². The van der Waals surface area contributed by atoms with Crippen molar-refractivity contribution in [3.8, 4) is 0 Å². The summed E-state index contributed by atoms with van der Waals surface area (Å²) < 4.78 is 32.4. The fourth-order valence-corrected chi connectivity index (χ4v) is 4.24. The average molecular weight is 382 g/mol. The highest BCUT2D eigenvalue weighted by Gasteiger charge is 2.53. The van der Waals surface area contributed by atoms with Gasteiger partial charge in [0.2, 0.25) is 0 Å². The first kappa shape index (κ1) is 20.0. The number of carbonyl (C=O) groups is 1. The number of aliphatic hydroxyl groups is 1. The van der Waals surface area contributed by atoms with E-state index < -0.39 is 36.3 Å². The quantitative estimate of drug-likeness (QED) is 0.869. The van der Waals surface area contributed by atoms with Gasteiger partial charge in [0.1, 0.15) is 11.7 Å². The first-order valence-corrected chi connectivity index (χ1v) is 9.43. The van der Waals surface area contributed by atoms with Crippen LogP contribution in [-0.2, 0) is 11.3 Å². The third kappa shape index (κ3) is 4.41. The molecule has 27 heavy (non-hydrogen) atoms. The van der Waals surface area contributed by atoms with Gasteiger partial charge in [-0.15, -0.1) is 0 Å². The second-order valence-corrected chi connectivity index (χ2v) is 8.42. The maximum absolute atomic E-state index is 13.4. The topological polar surface area (TPSA) is 53.0 Å². The minimum absolute atomic E-state index is 0.0883. The van der Waals surface area contributed by atoms with Crippen LogP contribution in [0.1, 0.15) is 39.2 Å². The monoisotopic (exact) mass is 382 g/mol. The zero-order chi connectivity index (χ0) is 19.8. The number of amides is 1. The second-order valence-electron chi connectivity index (χ2n) is 8.42. The molecule has 2 aliphatic heterocycles. The maximum Gasteiger partial charge on any atom is 0.410 e. The predicted molar refractivity (Wildman–Crippen MR) is 97.5 cm³/mol. The second kappa shape index (κ2) is 7.72. The van der Waals surface area contributed by atoms with Gasteiger partial charge in [-0.1, -0.05) is 30.3 Å². The molecule has 0 spiro atoms. The number of hydrogen-bond donors (Lipinski definition) is 1. The Morgan fingerprint density at radius 3 is 2.52 bits per heavy atom. The molecular formula is C20H28F2N2O3. The van der Waals surface area contributed by atoms with Gasteiger partial charge in [-0.05, 0) is 39.2 Å². The molecule has 0 aliphatic carbocycles. The van der Waals surface area contributed by atoms with E-state index in [2.05, 4.69) is 0 Å². The first-order valence-electron chi connectivity index (χ1n) is 9.43. The number of fused-ring (bicyclic) bond motifs is 2. The van der Waals surface area contributed by atoms with E-state index in [9.17, 15) is 18.7 Å². The standard InChI is InChI=1S/C20H28F2N2O3/c1-20(2,3)27-19(26)24-14-9-10-15(24)16(17(25)18(21)22)23(12-14)11-13-7-5-4-6-8-13/h4-8,14-18,25H,9-12H2,1-3H3/t14-,15+,16-,17-/m0/s1.